The fourth-order valence-corrected chi connectivity index (χ4v) is 4.79. The van der Waals surface area contributed by atoms with Crippen LogP contribution in [0.15, 0.2) is 78.9 Å². The Morgan fingerprint density at radius 2 is 1.61 bits per heavy atom. The summed E-state index contributed by atoms with van der Waals surface area (Å²) in [5.41, 5.74) is 3.56. The van der Waals surface area contributed by atoms with Crippen LogP contribution in [-0.4, -0.2) is 43.0 Å². The van der Waals surface area contributed by atoms with Gasteiger partial charge in [-0.05, 0) is 85.3 Å². The highest BCUT2D eigenvalue weighted by atomic mass is 16.5. The number of methoxy groups -OCH3 is 1. The van der Waals surface area contributed by atoms with Crippen molar-refractivity contribution >= 4 is 5.69 Å². The SMILES string of the molecule is COc1ccc(OC(CCN2CCC(c3cccc(NC(O)C(C)C)c3)CC2)c2ccccc2)cc1. The van der Waals surface area contributed by atoms with Crippen molar-refractivity contribution in [3.63, 3.8) is 0 Å². The van der Waals surface area contributed by atoms with Gasteiger partial charge in [-0.15, -0.1) is 0 Å². The van der Waals surface area contributed by atoms with Crippen LogP contribution in [0.25, 0.3) is 0 Å². The van der Waals surface area contributed by atoms with E-state index in [9.17, 15) is 5.11 Å². The zero-order valence-corrected chi connectivity index (χ0v) is 21.8. The van der Waals surface area contributed by atoms with Crippen LogP contribution in [0, 0.1) is 5.92 Å². The lowest BCUT2D eigenvalue weighted by Gasteiger charge is -2.33. The molecule has 3 aromatic carbocycles. The summed E-state index contributed by atoms with van der Waals surface area (Å²) in [5, 5.41) is 13.4. The number of nitrogens with zero attached hydrogens (tertiary/aromatic N) is 1. The van der Waals surface area contributed by atoms with E-state index in [1.165, 1.54) is 11.1 Å². The molecule has 1 heterocycles. The summed E-state index contributed by atoms with van der Waals surface area (Å²) >= 11 is 0. The van der Waals surface area contributed by atoms with Crippen molar-refractivity contribution < 1.29 is 14.6 Å². The van der Waals surface area contributed by atoms with Crippen molar-refractivity contribution in [2.75, 3.05) is 32.1 Å². The van der Waals surface area contributed by atoms with E-state index in [4.69, 9.17) is 9.47 Å². The maximum absolute atomic E-state index is 10.2. The van der Waals surface area contributed by atoms with Crippen LogP contribution in [0.1, 0.15) is 56.3 Å². The minimum atomic E-state index is -0.528. The predicted octanol–water partition coefficient (Wildman–Crippen LogP) is 6.47. The third-order valence-corrected chi connectivity index (χ3v) is 7.11. The Balaban J connectivity index is 1.32. The number of likely N-dealkylation sites (tertiary alicyclic amines) is 1. The lowest BCUT2D eigenvalue weighted by atomic mass is 9.89. The van der Waals surface area contributed by atoms with Crippen molar-refractivity contribution in [2.24, 2.45) is 5.92 Å². The van der Waals surface area contributed by atoms with Gasteiger partial charge < -0.3 is 24.8 Å². The smallest absolute Gasteiger partial charge is 0.126 e. The van der Waals surface area contributed by atoms with E-state index >= 15 is 0 Å². The maximum Gasteiger partial charge on any atom is 0.126 e. The molecule has 5 heteroatoms. The van der Waals surface area contributed by atoms with E-state index in [2.05, 4.69) is 52.7 Å². The molecule has 0 bridgehead atoms. The zero-order chi connectivity index (χ0) is 25.3. The molecular weight excluding hydrogens is 448 g/mol. The maximum atomic E-state index is 10.2. The number of aliphatic hydroxyl groups is 1. The van der Waals surface area contributed by atoms with E-state index in [0.29, 0.717) is 5.92 Å². The van der Waals surface area contributed by atoms with Gasteiger partial charge in [0.15, 0.2) is 0 Å². The van der Waals surface area contributed by atoms with Gasteiger partial charge in [0.2, 0.25) is 0 Å². The molecule has 0 radical (unpaired) electrons. The number of anilines is 1. The van der Waals surface area contributed by atoms with Crippen LogP contribution in [0.2, 0.25) is 0 Å². The van der Waals surface area contributed by atoms with Crippen LogP contribution in [0.5, 0.6) is 11.5 Å². The monoisotopic (exact) mass is 488 g/mol. The first-order valence-electron chi connectivity index (χ1n) is 13.1. The van der Waals surface area contributed by atoms with E-state index in [1.807, 2.05) is 50.2 Å². The molecule has 1 saturated heterocycles. The summed E-state index contributed by atoms with van der Waals surface area (Å²) in [6, 6.07) is 26.9. The summed E-state index contributed by atoms with van der Waals surface area (Å²) in [4.78, 5) is 2.56. The molecule has 2 N–H and O–H groups in total. The van der Waals surface area contributed by atoms with Crippen LogP contribution >= 0.6 is 0 Å². The molecule has 2 unspecified atom stereocenters. The quantitative estimate of drug-likeness (QED) is 0.303. The first-order chi connectivity index (χ1) is 17.5. The second kappa shape index (κ2) is 12.8. The van der Waals surface area contributed by atoms with Crippen molar-refractivity contribution in [3.05, 3.63) is 90.0 Å². The third-order valence-electron chi connectivity index (χ3n) is 7.11. The fourth-order valence-electron chi connectivity index (χ4n) is 4.79. The lowest BCUT2D eigenvalue weighted by Crippen LogP contribution is -2.34. The highest BCUT2D eigenvalue weighted by molar-refractivity contribution is 5.47. The molecule has 0 aliphatic carbocycles. The van der Waals surface area contributed by atoms with Gasteiger partial charge in [0.1, 0.15) is 23.8 Å². The molecule has 0 amide bonds. The van der Waals surface area contributed by atoms with Gasteiger partial charge in [-0.25, -0.2) is 0 Å². The van der Waals surface area contributed by atoms with E-state index < -0.39 is 6.23 Å². The molecule has 3 aromatic rings. The largest absolute Gasteiger partial charge is 0.497 e. The van der Waals surface area contributed by atoms with E-state index in [1.54, 1.807) is 7.11 Å². The molecule has 5 nitrogen and oxygen atoms in total. The van der Waals surface area contributed by atoms with Crippen LogP contribution in [-0.2, 0) is 0 Å². The number of nitrogens with one attached hydrogen (secondary N) is 1. The Morgan fingerprint density at radius 3 is 2.28 bits per heavy atom. The van der Waals surface area contributed by atoms with Crippen LogP contribution in [0.4, 0.5) is 5.69 Å². The Labute approximate surface area is 216 Å². The lowest BCUT2D eigenvalue weighted by molar-refractivity contribution is 0.147. The van der Waals surface area contributed by atoms with Gasteiger partial charge in [-0.1, -0.05) is 56.3 Å². The molecule has 0 spiro atoms. The van der Waals surface area contributed by atoms with Gasteiger partial charge in [0, 0.05) is 18.7 Å². The second-order valence-corrected chi connectivity index (χ2v) is 10.1. The van der Waals surface area contributed by atoms with Gasteiger partial charge >= 0.3 is 0 Å². The van der Waals surface area contributed by atoms with Crippen molar-refractivity contribution in [1.29, 1.82) is 0 Å². The molecule has 192 valence electrons. The summed E-state index contributed by atoms with van der Waals surface area (Å²) in [6.45, 7) is 7.20. The Kier molecular flexibility index (Phi) is 9.26. The summed E-state index contributed by atoms with van der Waals surface area (Å²) < 4.78 is 11.7. The Bertz CT molecular complexity index is 1050. The minimum absolute atomic E-state index is 0.00691. The molecule has 0 aromatic heterocycles. The number of rotatable bonds is 11. The number of aliphatic hydroxyl groups excluding tert-OH is 1. The molecule has 2 atom stereocenters. The van der Waals surface area contributed by atoms with Crippen molar-refractivity contribution in [1.82, 2.24) is 4.90 Å². The first kappa shape index (κ1) is 26.1. The average molecular weight is 489 g/mol. The van der Waals surface area contributed by atoms with Gasteiger partial charge in [0.05, 0.1) is 7.11 Å². The molecule has 1 aliphatic rings. The van der Waals surface area contributed by atoms with Gasteiger partial charge in [0.25, 0.3) is 0 Å². The average Bonchev–Trinajstić information content (AvgIpc) is 2.92. The van der Waals surface area contributed by atoms with Gasteiger partial charge in [-0.2, -0.15) is 0 Å². The second-order valence-electron chi connectivity index (χ2n) is 10.1. The van der Waals surface area contributed by atoms with Crippen molar-refractivity contribution in [3.8, 4) is 11.5 Å². The highest BCUT2D eigenvalue weighted by Gasteiger charge is 2.23. The number of hydrogen-bond acceptors (Lipinski definition) is 5. The number of piperidine rings is 1. The third kappa shape index (κ3) is 7.25. The zero-order valence-electron chi connectivity index (χ0n) is 21.8. The number of hydrogen-bond donors (Lipinski definition) is 2. The topological polar surface area (TPSA) is 54.0 Å². The first-order valence-corrected chi connectivity index (χ1v) is 13.1. The van der Waals surface area contributed by atoms with Gasteiger partial charge in [-0.3, -0.25) is 0 Å². The van der Waals surface area contributed by atoms with E-state index in [-0.39, 0.29) is 12.0 Å². The molecule has 4 rings (SSSR count). The number of benzene rings is 3. The summed E-state index contributed by atoms with van der Waals surface area (Å²) in [6.07, 6.45) is 2.71. The Morgan fingerprint density at radius 1 is 0.917 bits per heavy atom. The molecule has 0 saturated carbocycles. The highest BCUT2D eigenvalue weighted by Crippen LogP contribution is 2.31. The minimum Gasteiger partial charge on any atom is -0.497 e. The fraction of sp³-hybridized carbons (Fsp3) is 0.419. The molecular formula is C31H40N2O3. The molecule has 1 fully saturated rings. The van der Waals surface area contributed by atoms with Crippen molar-refractivity contribution in [2.45, 2.75) is 51.4 Å². The molecule has 36 heavy (non-hydrogen) atoms. The summed E-state index contributed by atoms with van der Waals surface area (Å²) in [7, 11) is 1.68. The van der Waals surface area contributed by atoms with Crippen LogP contribution in [0.3, 0.4) is 0 Å². The van der Waals surface area contributed by atoms with E-state index in [0.717, 1.165) is 56.1 Å². The standard InChI is InChI=1S/C31H40N2O3/c1-23(2)31(34)32-27-11-7-10-26(22-27)24-16-19-33(20-17-24)21-18-30(25-8-5-4-6-9-25)36-29-14-12-28(35-3)13-15-29/h4-15,22-24,30-32,34H,16-21H2,1-3H3. The normalized spacial score (nSPS) is 16.5. The number of ether oxygens (including phenoxy) is 2. The molecule has 1 aliphatic heterocycles. The Hall–Kier alpha value is -3.02. The summed E-state index contributed by atoms with van der Waals surface area (Å²) in [5.74, 6) is 2.42. The van der Waals surface area contributed by atoms with Crippen LogP contribution < -0.4 is 14.8 Å². The predicted molar refractivity (Wildman–Crippen MR) is 147 cm³/mol.